The Labute approximate surface area is 157 Å². The van der Waals surface area contributed by atoms with Gasteiger partial charge in [0.2, 0.25) is 0 Å². The number of nitrogens with one attached hydrogen (secondary N) is 1. The number of carbonyl (C=O) groups is 2. The number of hydrogen-bond donors (Lipinski definition) is 1. The van der Waals surface area contributed by atoms with E-state index in [4.69, 9.17) is 9.47 Å². The molecule has 2 heterocycles. The number of aryl methyl sites for hydroxylation is 2. The molecule has 1 fully saturated rings. The van der Waals surface area contributed by atoms with E-state index in [1.807, 2.05) is 31.4 Å². The minimum atomic E-state index is -0.447. The maximum absolute atomic E-state index is 12.6. The van der Waals surface area contributed by atoms with E-state index in [0.717, 1.165) is 28.7 Å². The fourth-order valence-corrected chi connectivity index (χ4v) is 4.10. The molecule has 26 heavy (non-hydrogen) atoms. The van der Waals surface area contributed by atoms with Crippen LogP contribution in [0.2, 0.25) is 0 Å². The van der Waals surface area contributed by atoms with E-state index in [1.165, 1.54) is 11.3 Å². The predicted molar refractivity (Wildman–Crippen MR) is 103 cm³/mol. The van der Waals surface area contributed by atoms with Crippen molar-refractivity contribution in [2.45, 2.75) is 39.7 Å². The van der Waals surface area contributed by atoms with Gasteiger partial charge in [0.05, 0.1) is 6.61 Å². The SMILES string of the molecule is CCOC(=O)c1c(-c2ccc(C)cc2C)csc1NC(=O)[C@@H]1CCCO1. The molecule has 1 aliphatic heterocycles. The zero-order chi connectivity index (χ0) is 18.7. The number of thiophene rings is 1. The molecule has 1 saturated heterocycles. The lowest BCUT2D eigenvalue weighted by atomic mass is 9.97. The fraction of sp³-hybridized carbons (Fsp3) is 0.400. The number of rotatable bonds is 5. The van der Waals surface area contributed by atoms with Gasteiger partial charge in [-0.1, -0.05) is 23.8 Å². The molecule has 1 atom stereocenters. The molecule has 0 radical (unpaired) electrons. The summed E-state index contributed by atoms with van der Waals surface area (Å²) in [5.74, 6) is -0.631. The molecule has 138 valence electrons. The van der Waals surface area contributed by atoms with Crippen LogP contribution < -0.4 is 5.32 Å². The molecular formula is C20H23NO4S. The Morgan fingerprint density at radius 1 is 1.31 bits per heavy atom. The zero-order valence-corrected chi connectivity index (χ0v) is 16.1. The van der Waals surface area contributed by atoms with Crippen LogP contribution in [0, 0.1) is 13.8 Å². The van der Waals surface area contributed by atoms with E-state index in [2.05, 4.69) is 11.4 Å². The Kier molecular flexibility index (Phi) is 5.74. The third kappa shape index (κ3) is 3.81. The van der Waals surface area contributed by atoms with E-state index in [1.54, 1.807) is 6.92 Å². The van der Waals surface area contributed by atoms with Crippen molar-refractivity contribution >= 4 is 28.2 Å². The quantitative estimate of drug-likeness (QED) is 0.793. The van der Waals surface area contributed by atoms with Gasteiger partial charge in [-0.05, 0) is 44.7 Å². The first-order chi connectivity index (χ1) is 12.5. The van der Waals surface area contributed by atoms with Crippen LogP contribution in [0.3, 0.4) is 0 Å². The van der Waals surface area contributed by atoms with Crippen molar-refractivity contribution in [3.8, 4) is 11.1 Å². The number of ether oxygens (including phenoxy) is 2. The standard InChI is InChI=1S/C20H23NO4S/c1-4-24-20(23)17-15(14-8-7-12(2)10-13(14)3)11-26-19(17)21-18(22)16-6-5-9-25-16/h7-8,10-11,16H,4-6,9H2,1-3H3,(H,21,22)/t16-/m0/s1. The molecule has 1 aromatic carbocycles. The van der Waals surface area contributed by atoms with Gasteiger partial charge >= 0.3 is 5.97 Å². The number of amides is 1. The van der Waals surface area contributed by atoms with Crippen molar-refractivity contribution in [3.05, 3.63) is 40.3 Å². The van der Waals surface area contributed by atoms with Gasteiger partial charge < -0.3 is 14.8 Å². The summed E-state index contributed by atoms with van der Waals surface area (Å²) in [5, 5.41) is 5.28. The van der Waals surface area contributed by atoms with Crippen LogP contribution in [0.1, 0.15) is 41.3 Å². The minimum absolute atomic E-state index is 0.206. The zero-order valence-electron chi connectivity index (χ0n) is 15.3. The summed E-state index contributed by atoms with van der Waals surface area (Å²) in [6.45, 7) is 6.69. The van der Waals surface area contributed by atoms with E-state index >= 15 is 0 Å². The minimum Gasteiger partial charge on any atom is -0.462 e. The van der Waals surface area contributed by atoms with E-state index in [0.29, 0.717) is 23.6 Å². The van der Waals surface area contributed by atoms with Crippen LogP contribution in [0.15, 0.2) is 23.6 Å². The summed E-state index contributed by atoms with van der Waals surface area (Å²) in [6, 6.07) is 6.09. The van der Waals surface area contributed by atoms with Crippen molar-refractivity contribution in [3.63, 3.8) is 0 Å². The van der Waals surface area contributed by atoms with Crippen LogP contribution in [0.5, 0.6) is 0 Å². The Morgan fingerprint density at radius 3 is 2.77 bits per heavy atom. The molecule has 2 aromatic rings. The Bertz CT molecular complexity index is 821. The van der Waals surface area contributed by atoms with Gasteiger partial charge in [-0.2, -0.15) is 0 Å². The first kappa shape index (κ1) is 18.6. The summed E-state index contributed by atoms with van der Waals surface area (Å²) in [6.07, 6.45) is 1.13. The third-order valence-electron chi connectivity index (χ3n) is 4.40. The second-order valence-electron chi connectivity index (χ2n) is 6.38. The molecule has 0 aliphatic carbocycles. The van der Waals surface area contributed by atoms with Crippen molar-refractivity contribution in [2.75, 3.05) is 18.5 Å². The molecule has 1 aliphatic rings. The largest absolute Gasteiger partial charge is 0.462 e. The van der Waals surface area contributed by atoms with Crippen molar-refractivity contribution in [1.82, 2.24) is 0 Å². The van der Waals surface area contributed by atoms with Gasteiger partial charge in [-0.15, -0.1) is 11.3 Å². The fourth-order valence-electron chi connectivity index (χ4n) is 3.15. The van der Waals surface area contributed by atoms with Crippen LogP contribution in [-0.2, 0) is 14.3 Å². The number of anilines is 1. The topological polar surface area (TPSA) is 64.6 Å². The lowest BCUT2D eigenvalue weighted by molar-refractivity contribution is -0.124. The molecule has 5 nitrogen and oxygen atoms in total. The lowest BCUT2D eigenvalue weighted by Crippen LogP contribution is -2.27. The first-order valence-electron chi connectivity index (χ1n) is 8.80. The van der Waals surface area contributed by atoms with Crippen LogP contribution >= 0.6 is 11.3 Å². The molecule has 3 rings (SSSR count). The molecular weight excluding hydrogens is 350 g/mol. The molecule has 1 N–H and O–H groups in total. The van der Waals surface area contributed by atoms with Gasteiger partial charge in [-0.25, -0.2) is 4.79 Å². The summed E-state index contributed by atoms with van der Waals surface area (Å²) in [4.78, 5) is 25.0. The average Bonchev–Trinajstić information content (AvgIpc) is 3.25. The smallest absolute Gasteiger partial charge is 0.341 e. The van der Waals surface area contributed by atoms with E-state index in [-0.39, 0.29) is 12.5 Å². The lowest BCUT2D eigenvalue weighted by Gasteiger charge is -2.12. The monoisotopic (exact) mass is 373 g/mol. The molecule has 0 saturated carbocycles. The predicted octanol–water partition coefficient (Wildman–Crippen LogP) is 4.33. The van der Waals surface area contributed by atoms with Crippen molar-refractivity contribution < 1.29 is 19.1 Å². The maximum Gasteiger partial charge on any atom is 0.341 e. The highest BCUT2D eigenvalue weighted by Crippen LogP contribution is 2.38. The highest BCUT2D eigenvalue weighted by atomic mass is 32.1. The molecule has 0 bridgehead atoms. The second-order valence-corrected chi connectivity index (χ2v) is 7.26. The molecule has 1 aromatic heterocycles. The highest BCUT2D eigenvalue weighted by molar-refractivity contribution is 7.15. The third-order valence-corrected chi connectivity index (χ3v) is 5.30. The van der Waals surface area contributed by atoms with Gasteiger partial charge in [0, 0.05) is 17.6 Å². The molecule has 1 amide bonds. The van der Waals surface area contributed by atoms with E-state index in [9.17, 15) is 9.59 Å². The van der Waals surface area contributed by atoms with E-state index < -0.39 is 12.1 Å². The van der Waals surface area contributed by atoms with Gasteiger partial charge in [-0.3, -0.25) is 4.79 Å². The Balaban J connectivity index is 1.98. The van der Waals surface area contributed by atoms with Crippen molar-refractivity contribution in [2.24, 2.45) is 0 Å². The summed E-state index contributed by atoms with van der Waals surface area (Å²) in [5.41, 5.74) is 4.40. The molecule has 0 spiro atoms. The summed E-state index contributed by atoms with van der Waals surface area (Å²) < 4.78 is 10.7. The van der Waals surface area contributed by atoms with Crippen LogP contribution in [0.4, 0.5) is 5.00 Å². The number of benzene rings is 1. The Hall–Kier alpha value is -2.18. The molecule has 0 unspecified atom stereocenters. The number of hydrogen-bond acceptors (Lipinski definition) is 5. The first-order valence-corrected chi connectivity index (χ1v) is 9.68. The van der Waals surface area contributed by atoms with Gasteiger partial charge in [0.15, 0.2) is 0 Å². The Morgan fingerprint density at radius 2 is 2.12 bits per heavy atom. The summed E-state index contributed by atoms with van der Waals surface area (Å²) in [7, 11) is 0. The number of esters is 1. The average molecular weight is 373 g/mol. The van der Waals surface area contributed by atoms with Crippen LogP contribution in [-0.4, -0.2) is 31.2 Å². The van der Waals surface area contributed by atoms with Crippen LogP contribution in [0.25, 0.3) is 11.1 Å². The highest BCUT2D eigenvalue weighted by Gasteiger charge is 2.28. The normalized spacial score (nSPS) is 16.5. The number of carbonyl (C=O) groups excluding carboxylic acids is 2. The second kappa shape index (κ2) is 8.01. The van der Waals surface area contributed by atoms with Gasteiger partial charge in [0.1, 0.15) is 16.7 Å². The van der Waals surface area contributed by atoms with Gasteiger partial charge in [0.25, 0.3) is 5.91 Å². The summed E-state index contributed by atoms with van der Waals surface area (Å²) >= 11 is 1.34. The van der Waals surface area contributed by atoms with Crippen molar-refractivity contribution in [1.29, 1.82) is 0 Å². The maximum atomic E-state index is 12.6. The molecule has 6 heteroatoms.